The minimum absolute atomic E-state index is 0.321. The highest BCUT2D eigenvalue weighted by Crippen LogP contribution is 2.24. The van der Waals surface area contributed by atoms with E-state index in [9.17, 15) is 14.7 Å². The molecule has 0 bridgehead atoms. The Morgan fingerprint density at radius 2 is 2.27 bits per heavy atom. The number of carbonyl (C=O) groups is 2. The Morgan fingerprint density at radius 3 is 2.80 bits per heavy atom. The summed E-state index contributed by atoms with van der Waals surface area (Å²) >= 11 is 1.13. The van der Waals surface area contributed by atoms with E-state index in [0.717, 1.165) is 11.3 Å². The number of aliphatic hydroxyl groups is 1. The van der Waals surface area contributed by atoms with Crippen LogP contribution in [0.5, 0.6) is 0 Å². The van der Waals surface area contributed by atoms with E-state index in [1.807, 2.05) is 0 Å². The molecule has 0 saturated carbocycles. The summed E-state index contributed by atoms with van der Waals surface area (Å²) in [6, 6.07) is 1.43. The maximum absolute atomic E-state index is 11.1. The number of rotatable bonds is 4. The quantitative estimate of drug-likeness (QED) is 0.755. The number of esters is 1. The maximum Gasteiger partial charge on any atom is 0.338 e. The van der Waals surface area contributed by atoms with Gasteiger partial charge in [0.25, 0.3) is 0 Å². The SMILES string of the molecule is COC(=O)c1csc([C@H](O)CC(=O)O)c1. The minimum Gasteiger partial charge on any atom is -0.481 e. The number of thiophene rings is 1. The summed E-state index contributed by atoms with van der Waals surface area (Å²) in [4.78, 5) is 21.8. The number of aliphatic hydroxyl groups excluding tert-OH is 1. The van der Waals surface area contributed by atoms with Gasteiger partial charge in [0, 0.05) is 10.3 Å². The van der Waals surface area contributed by atoms with Gasteiger partial charge in [0.2, 0.25) is 0 Å². The molecule has 15 heavy (non-hydrogen) atoms. The molecule has 6 heteroatoms. The third kappa shape index (κ3) is 3.03. The Hall–Kier alpha value is -1.40. The van der Waals surface area contributed by atoms with Crippen molar-refractivity contribution >= 4 is 23.3 Å². The van der Waals surface area contributed by atoms with E-state index in [-0.39, 0.29) is 6.42 Å². The Balaban J connectivity index is 2.75. The first-order chi connectivity index (χ1) is 7.04. The zero-order valence-electron chi connectivity index (χ0n) is 7.97. The van der Waals surface area contributed by atoms with Crippen LogP contribution >= 0.6 is 11.3 Å². The van der Waals surface area contributed by atoms with E-state index >= 15 is 0 Å². The molecule has 5 nitrogen and oxygen atoms in total. The molecule has 0 fully saturated rings. The number of carboxylic acids is 1. The molecule has 0 amide bonds. The van der Waals surface area contributed by atoms with Gasteiger partial charge in [-0.1, -0.05) is 0 Å². The smallest absolute Gasteiger partial charge is 0.338 e. The molecule has 2 N–H and O–H groups in total. The molecule has 1 aromatic heterocycles. The lowest BCUT2D eigenvalue weighted by atomic mass is 10.2. The molecule has 0 radical (unpaired) electrons. The highest BCUT2D eigenvalue weighted by atomic mass is 32.1. The topological polar surface area (TPSA) is 83.8 Å². The fraction of sp³-hybridized carbons (Fsp3) is 0.333. The van der Waals surface area contributed by atoms with E-state index in [2.05, 4.69) is 4.74 Å². The molecule has 0 aliphatic carbocycles. The summed E-state index contributed by atoms with van der Waals surface area (Å²) in [5.41, 5.74) is 0.321. The highest BCUT2D eigenvalue weighted by molar-refractivity contribution is 7.10. The number of carbonyl (C=O) groups excluding carboxylic acids is 1. The van der Waals surface area contributed by atoms with Gasteiger partial charge in [0.05, 0.1) is 25.2 Å². The lowest BCUT2D eigenvalue weighted by Gasteiger charge is -2.03. The van der Waals surface area contributed by atoms with Gasteiger partial charge >= 0.3 is 11.9 Å². The third-order valence-corrected chi connectivity index (χ3v) is 2.77. The van der Waals surface area contributed by atoms with E-state index in [4.69, 9.17) is 5.11 Å². The second-order valence-electron chi connectivity index (χ2n) is 2.84. The fourth-order valence-electron chi connectivity index (χ4n) is 1.02. The van der Waals surface area contributed by atoms with Gasteiger partial charge in [0.15, 0.2) is 0 Å². The summed E-state index contributed by atoms with van der Waals surface area (Å²) < 4.78 is 4.48. The first-order valence-corrected chi connectivity index (χ1v) is 4.99. The van der Waals surface area contributed by atoms with Crippen LogP contribution in [0.15, 0.2) is 11.4 Å². The van der Waals surface area contributed by atoms with E-state index in [1.165, 1.54) is 18.6 Å². The van der Waals surface area contributed by atoms with E-state index in [1.54, 1.807) is 0 Å². The molecular formula is C9H10O5S. The van der Waals surface area contributed by atoms with Crippen LogP contribution < -0.4 is 0 Å². The first kappa shape index (κ1) is 11.7. The number of carboxylic acid groups (broad SMARTS) is 1. The van der Waals surface area contributed by atoms with Crippen LogP contribution in [0.4, 0.5) is 0 Å². The number of hydrogen-bond donors (Lipinski definition) is 2. The van der Waals surface area contributed by atoms with Crippen LogP contribution in [0, 0.1) is 0 Å². The highest BCUT2D eigenvalue weighted by Gasteiger charge is 2.16. The van der Waals surface area contributed by atoms with Crippen molar-refractivity contribution in [3.8, 4) is 0 Å². The van der Waals surface area contributed by atoms with Gasteiger partial charge in [0.1, 0.15) is 0 Å². The van der Waals surface area contributed by atoms with Crippen molar-refractivity contribution in [1.29, 1.82) is 0 Å². The number of aliphatic carboxylic acids is 1. The minimum atomic E-state index is -1.09. The largest absolute Gasteiger partial charge is 0.481 e. The average Bonchev–Trinajstić information content (AvgIpc) is 2.64. The fourth-order valence-corrected chi connectivity index (χ4v) is 1.88. The van der Waals surface area contributed by atoms with Crippen LogP contribution in [0.2, 0.25) is 0 Å². The molecule has 1 atom stereocenters. The summed E-state index contributed by atoms with van der Waals surface area (Å²) in [7, 11) is 1.26. The molecule has 0 unspecified atom stereocenters. The zero-order valence-corrected chi connectivity index (χ0v) is 8.78. The molecule has 82 valence electrons. The van der Waals surface area contributed by atoms with Crippen molar-refractivity contribution < 1.29 is 24.5 Å². The molecule has 0 saturated heterocycles. The second kappa shape index (κ2) is 4.90. The molecule has 0 spiro atoms. The predicted octanol–water partition coefficient (Wildman–Crippen LogP) is 1.04. The number of hydrogen-bond acceptors (Lipinski definition) is 5. The second-order valence-corrected chi connectivity index (χ2v) is 3.79. The molecule has 0 aliphatic heterocycles. The van der Waals surface area contributed by atoms with Crippen molar-refractivity contribution in [2.45, 2.75) is 12.5 Å². The van der Waals surface area contributed by atoms with Crippen LogP contribution in [-0.4, -0.2) is 29.3 Å². The molecular weight excluding hydrogens is 220 g/mol. The van der Waals surface area contributed by atoms with Gasteiger partial charge in [-0.15, -0.1) is 11.3 Å². The zero-order chi connectivity index (χ0) is 11.4. The summed E-state index contributed by atoms with van der Waals surface area (Å²) in [6.07, 6.45) is -1.45. The predicted molar refractivity (Wildman–Crippen MR) is 52.9 cm³/mol. The Labute approximate surface area is 89.9 Å². The van der Waals surface area contributed by atoms with Crippen LogP contribution in [0.25, 0.3) is 0 Å². The Morgan fingerprint density at radius 1 is 1.60 bits per heavy atom. The van der Waals surface area contributed by atoms with Gasteiger partial charge in [-0.2, -0.15) is 0 Å². The summed E-state index contributed by atoms with van der Waals surface area (Å²) in [6.45, 7) is 0. The monoisotopic (exact) mass is 230 g/mol. The average molecular weight is 230 g/mol. The lowest BCUT2D eigenvalue weighted by Crippen LogP contribution is -2.04. The summed E-state index contributed by atoms with van der Waals surface area (Å²) in [5.74, 6) is -1.59. The van der Waals surface area contributed by atoms with Crippen molar-refractivity contribution in [1.82, 2.24) is 0 Å². The van der Waals surface area contributed by atoms with Crippen LogP contribution in [0.1, 0.15) is 27.8 Å². The number of methoxy groups -OCH3 is 1. The maximum atomic E-state index is 11.1. The normalized spacial score (nSPS) is 12.1. The molecule has 1 rings (SSSR count). The van der Waals surface area contributed by atoms with Crippen molar-refractivity contribution in [2.24, 2.45) is 0 Å². The Kier molecular flexibility index (Phi) is 3.81. The van der Waals surface area contributed by atoms with E-state index in [0.29, 0.717) is 10.4 Å². The van der Waals surface area contributed by atoms with Crippen molar-refractivity contribution in [2.75, 3.05) is 7.11 Å². The van der Waals surface area contributed by atoms with Crippen molar-refractivity contribution in [3.05, 3.63) is 21.9 Å². The molecule has 0 aliphatic rings. The standard InChI is InChI=1S/C9H10O5S/c1-14-9(13)5-2-7(15-4-5)6(10)3-8(11)12/h2,4,6,10H,3H2,1H3,(H,11,12)/t6-/m1/s1. The molecule has 1 aromatic rings. The van der Waals surface area contributed by atoms with Crippen LogP contribution in [0.3, 0.4) is 0 Å². The molecule has 0 aromatic carbocycles. The first-order valence-electron chi connectivity index (χ1n) is 4.11. The molecule has 1 heterocycles. The number of ether oxygens (including phenoxy) is 1. The van der Waals surface area contributed by atoms with Gasteiger partial charge in [-0.05, 0) is 6.07 Å². The van der Waals surface area contributed by atoms with Gasteiger partial charge in [-0.3, -0.25) is 4.79 Å². The lowest BCUT2D eigenvalue weighted by molar-refractivity contribution is -0.139. The third-order valence-electron chi connectivity index (χ3n) is 1.74. The Bertz CT molecular complexity index is 370. The van der Waals surface area contributed by atoms with E-state index < -0.39 is 18.0 Å². The van der Waals surface area contributed by atoms with Gasteiger partial charge < -0.3 is 14.9 Å². The van der Waals surface area contributed by atoms with Gasteiger partial charge in [-0.25, -0.2) is 4.79 Å². The summed E-state index contributed by atoms with van der Waals surface area (Å²) in [5, 5.41) is 19.4. The van der Waals surface area contributed by atoms with Crippen molar-refractivity contribution in [3.63, 3.8) is 0 Å². The van der Waals surface area contributed by atoms with Crippen LogP contribution in [-0.2, 0) is 9.53 Å².